The van der Waals surface area contributed by atoms with Gasteiger partial charge in [0.15, 0.2) is 6.29 Å². The first-order valence-corrected chi connectivity index (χ1v) is 4.94. The van der Waals surface area contributed by atoms with Crippen LogP contribution in [0.1, 0.15) is 17.3 Å². The molecule has 1 rings (SSSR count). The van der Waals surface area contributed by atoms with Gasteiger partial charge in [-0.1, -0.05) is 6.07 Å². The Balaban J connectivity index is 3.12. The molecule has 0 aromatic heterocycles. The van der Waals surface area contributed by atoms with Gasteiger partial charge < -0.3 is 4.90 Å². The van der Waals surface area contributed by atoms with E-state index in [0.29, 0.717) is 0 Å². The molecule has 0 heterocycles. The van der Waals surface area contributed by atoms with Crippen LogP contribution in [0.15, 0.2) is 18.2 Å². The third-order valence-corrected chi connectivity index (χ3v) is 2.24. The van der Waals surface area contributed by atoms with Crippen molar-refractivity contribution in [1.29, 1.82) is 0 Å². The van der Waals surface area contributed by atoms with Gasteiger partial charge in [0.05, 0.1) is 11.3 Å². The number of carbonyl (C=O) groups excluding carboxylic acids is 1. The summed E-state index contributed by atoms with van der Waals surface area (Å²) in [5.74, 6) is -0.821. The Labute approximate surface area is 95.8 Å². The fourth-order valence-electron chi connectivity index (χ4n) is 1.50. The van der Waals surface area contributed by atoms with Crippen LogP contribution < -0.4 is 4.90 Å². The van der Waals surface area contributed by atoms with Crippen molar-refractivity contribution < 1.29 is 22.4 Å². The van der Waals surface area contributed by atoms with Crippen LogP contribution in [0.5, 0.6) is 0 Å². The van der Waals surface area contributed by atoms with Crippen LogP contribution >= 0.6 is 0 Å². The van der Waals surface area contributed by atoms with Gasteiger partial charge >= 0.3 is 6.18 Å². The van der Waals surface area contributed by atoms with Gasteiger partial charge in [0.2, 0.25) is 0 Å². The summed E-state index contributed by atoms with van der Waals surface area (Å²) >= 11 is 0. The average Bonchev–Trinajstić information content (AvgIpc) is 2.24. The summed E-state index contributed by atoms with van der Waals surface area (Å²) in [5.41, 5.74) is -0.390. The normalized spacial score (nSPS) is 11.4. The number of aldehydes is 1. The summed E-state index contributed by atoms with van der Waals surface area (Å²) in [6.07, 6.45) is -4.17. The van der Waals surface area contributed by atoms with E-state index in [4.69, 9.17) is 0 Å². The van der Waals surface area contributed by atoms with E-state index in [1.165, 1.54) is 19.1 Å². The van der Waals surface area contributed by atoms with E-state index >= 15 is 0 Å². The highest BCUT2D eigenvalue weighted by molar-refractivity contribution is 5.85. The zero-order valence-corrected chi connectivity index (χ0v) is 9.09. The van der Waals surface area contributed by atoms with E-state index in [1.54, 1.807) is 0 Å². The van der Waals surface area contributed by atoms with Gasteiger partial charge in [0.1, 0.15) is 12.4 Å². The Morgan fingerprint density at radius 3 is 2.47 bits per heavy atom. The second-order valence-electron chi connectivity index (χ2n) is 3.42. The quantitative estimate of drug-likeness (QED) is 0.604. The molecule has 0 N–H and O–H groups in total. The molecule has 6 heteroatoms. The molecule has 0 radical (unpaired) electrons. The largest absolute Gasteiger partial charge is 0.405 e. The summed E-state index contributed by atoms with van der Waals surface area (Å²) in [4.78, 5) is 11.6. The second kappa shape index (κ2) is 5.16. The molecule has 0 atom stereocenters. The number of nitrogens with zero attached hydrogens (tertiary/aromatic N) is 1. The lowest BCUT2D eigenvalue weighted by molar-refractivity contribution is -0.119. The number of carbonyl (C=O) groups is 1. The molecule has 17 heavy (non-hydrogen) atoms. The molecular formula is C11H11F4NO. The van der Waals surface area contributed by atoms with E-state index in [9.17, 15) is 22.4 Å². The monoisotopic (exact) mass is 249 g/mol. The minimum Gasteiger partial charge on any atom is -0.362 e. The van der Waals surface area contributed by atoms with Gasteiger partial charge in [-0.05, 0) is 19.1 Å². The summed E-state index contributed by atoms with van der Waals surface area (Å²) < 4.78 is 50.1. The fraction of sp³-hybridized carbons (Fsp3) is 0.364. The number of alkyl halides is 3. The molecular weight excluding hydrogens is 238 g/mol. The first-order valence-electron chi connectivity index (χ1n) is 4.94. The molecule has 1 aromatic carbocycles. The summed E-state index contributed by atoms with van der Waals surface area (Å²) in [7, 11) is 0. The molecule has 0 aliphatic rings. The van der Waals surface area contributed by atoms with E-state index < -0.39 is 18.5 Å². The molecule has 0 saturated heterocycles. The third-order valence-electron chi connectivity index (χ3n) is 2.24. The topological polar surface area (TPSA) is 20.3 Å². The Morgan fingerprint density at radius 1 is 1.35 bits per heavy atom. The van der Waals surface area contributed by atoms with Crippen LogP contribution in [0, 0.1) is 5.82 Å². The van der Waals surface area contributed by atoms with Crippen LogP contribution in [-0.2, 0) is 0 Å². The Kier molecular flexibility index (Phi) is 4.09. The second-order valence-corrected chi connectivity index (χ2v) is 3.42. The summed E-state index contributed by atoms with van der Waals surface area (Å²) in [6.45, 7) is 0.322. The smallest absolute Gasteiger partial charge is 0.362 e. The van der Waals surface area contributed by atoms with Crippen molar-refractivity contribution in [3.8, 4) is 0 Å². The number of benzene rings is 1. The zero-order valence-electron chi connectivity index (χ0n) is 9.09. The third kappa shape index (κ3) is 3.44. The van der Waals surface area contributed by atoms with Crippen molar-refractivity contribution >= 4 is 12.0 Å². The Bertz CT molecular complexity index is 403. The lowest BCUT2D eigenvalue weighted by atomic mass is 10.1. The summed E-state index contributed by atoms with van der Waals surface area (Å²) in [6, 6.07) is 3.60. The molecule has 0 unspecified atom stereocenters. The SMILES string of the molecule is CCN(CC(F)(F)F)c1cccc(F)c1C=O. The number of halogens is 4. The zero-order chi connectivity index (χ0) is 13.1. The van der Waals surface area contributed by atoms with Crippen molar-refractivity contribution in [2.24, 2.45) is 0 Å². The van der Waals surface area contributed by atoms with Crippen molar-refractivity contribution in [3.05, 3.63) is 29.6 Å². The van der Waals surface area contributed by atoms with Gasteiger partial charge in [-0.25, -0.2) is 4.39 Å². The molecule has 1 aromatic rings. The van der Waals surface area contributed by atoms with Crippen LogP contribution in [0.25, 0.3) is 0 Å². The molecule has 94 valence electrons. The molecule has 0 fully saturated rings. The van der Waals surface area contributed by atoms with E-state index in [1.807, 2.05) is 0 Å². The molecule has 0 aliphatic carbocycles. The van der Waals surface area contributed by atoms with E-state index in [2.05, 4.69) is 0 Å². The molecule has 0 saturated carbocycles. The van der Waals surface area contributed by atoms with Crippen molar-refractivity contribution in [2.45, 2.75) is 13.1 Å². The lowest BCUT2D eigenvalue weighted by Gasteiger charge is -2.25. The first kappa shape index (κ1) is 13.5. The highest BCUT2D eigenvalue weighted by atomic mass is 19.4. The van der Waals surface area contributed by atoms with Crippen LogP contribution in [0.2, 0.25) is 0 Å². The molecule has 0 spiro atoms. The van der Waals surface area contributed by atoms with Crippen molar-refractivity contribution in [3.63, 3.8) is 0 Å². The van der Waals surface area contributed by atoms with E-state index in [0.717, 1.165) is 11.0 Å². The highest BCUT2D eigenvalue weighted by Gasteiger charge is 2.31. The maximum Gasteiger partial charge on any atom is 0.405 e. The average molecular weight is 249 g/mol. The predicted molar refractivity (Wildman–Crippen MR) is 55.7 cm³/mol. The maximum atomic E-state index is 13.2. The highest BCUT2D eigenvalue weighted by Crippen LogP contribution is 2.25. The van der Waals surface area contributed by atoms with Gasteiger partial charge in [-0.3, -0.25) is 4.79 Å². The molecule has 0 amide bonds. The fourth-order valence-corrected chi connectivity index (χ4v) is 1.50. The standard InChI is InChI=1S/C11H11F4NO/c1-2-16(7-11(13,14)15)10-5-3-4-9(12)8(10)6-17/h3-6H,2,7H2,1H3. The number of hydrogen-bond donors (Lipinski definition) is 0. The number of anilines is 1. The van der Waals surface area contributed by atoms with Gasteiger partial charge in [-0.2, -0.15) is 13.2 Å². The minimum absolute atomic E-state index is 0.0316. The van der Waals surface area contributed by atoms with Gasteiger partial charge in [-0.15, -0.1) is 0 Å². The Hall–Kier alpha value is -1.59. The maximum absolute atomic E-state index is 13.2. The van der Waals surface area contributed by atoms with Crippen molar-refractivity contribution in [1.82, 2.24) is 0 Å². The van der Waals surface area contributed by atoms with Gasteiger partial charge in [0.25, 0.3) is 0 Å². The first-order chi connectivity index (χ1) is 7.89. The van der Waals surface area contributed by atoms with Crippen LogP contribution in [0.3, 0.4) is 0 Å². The van der Waals surface area contributed by atoms with Crippen LogP contribution in [0.4, 0.5) is 23.2 Å². The van der Waals surface area contributed by atoms with Crippen LogP contribution in [-0.4, -0.2) is 25.6 Å². The summed E-state index contributed by atoms with van der Waals surface area (Å²) in [5, 5.41) is 0. The van der Waals surface area contributed by atoms with Crippen molar-refractivity contribution in [2.75, 3.05) is 18.0 Å². The minimum atomic E-state index is -4.40. The molecule has 0 bridgehead atoms. The predicted octanol–water partition coefficient (Wildman–Crippen LogP) is 3.03. The molecule has 2 nitrogen and oxygen atoms in total. The molecule has 0 aliphatic heterocycles. The number of hydrogen-bond acceptors (Lipinski definition) is 2. The number of rotatable bonds is 4. The Morgan fingerprint density at radius 2 is 2.00 bits per heavy atom. The van der Waals surface area contributed by atoms with Gasteiger partial charge in [0, 0.05) is 6.54 Å². The lowest BCUT2D eigenvalue weighted by Crippen LogP contribution is -2.34. The van der Waals surface area contributed by atoms with E-state index in [-0.39, 0.29) is 24.1 Å².